The molecule has 2 aromatic heterocycles. The zero-order valence-electron chi connectivity index (χ0n) is 28.7. The summed E-state index contributed by atoms with van der Waals surface area (Å²) in [6, 6.07) is 10.7. The molecule has 0 saturated heterocycles. The van der Waals surface area contributed by atoms with Crippen LogP contribution in [-0.4, -0.2) is 59.4 Å². The van der Waals surface area contributed by atoms with Gasteiger partial charge in [-0.15, -0.1) is 0 Å². The molecule has 0 bridgehead atoms. The number of rotatable bonds is 11. The third-order valence-corrected chi connectivity index (χ3v) is 9.89. The predicted octanol–water partition coefficient (Wildman–Crippen LogP) is 6.02. The number of hydrogen-bond acceptors (Lipinski definition) is 8. The smallest absolute Gasteiger partial charge is 0.405 e. The van der Waals surface area contributed by atoms with Crippen LogP contribution in [0.3, 0.4) is 0 Å². The van der Waals surface area contributed by atoms with Gasteiger partial charge in [0.25, 0.3) is 5.56 Å². The van der Waals surface area contributed by atoms with Crippen LogP contribution in [-0.2, 0) is 30.0 Å². The lowest BCUT2D eigenvalue weighted by molar-refractivity contribution is 0.189. The van der Waals surface area contributed by atoms with Gasteiger partial charge in [-0.1, -0.05) is 23.7 Å². The zero-order chi connectivity index (χ0) is 39.2. The van der Waals surface area contributed by atoms with Crippen molar-refractivity contribution in [1.82, 2.24) is 24.6 Å². The Hall–Kier alpha value is -5.88. The molecule has 0 saturated carbocycles. The zero-order valence-corrected chi connectivity index (χ0v) is 30.3. The molecule has 0 fully saturated rings. The fraction of sp³-hybridized carbons (Fsp3) is 0.200. The van der Waals surface area contributed by atoms with Crippen molar-refractivity contribution in [3.05, 3.63) is 116 Å². The number of aryl methyl sites for hydroxylation is 1. The lowest BCUT2D eigenvalue weighted by atomic mass is 10.0. The molecule has 4 aromatic carbocycles. The number of anilines is 1. The van der Waals surface area contributed by atoms with Gasteiger partial charge < -0.3 is 19.9 Å². The molecular formula is C35H29ClF4N6O7S. The molecule has 0 radical (unpaired) electrons. The number of hydrogen-bond donors (Lipinski definition) is 2. The van der Waals surface area contributed by atoms with Crippen LogP contribution in [0.25, 0.3) is 27.5 Å². The van der Waals surface area contributed by atoms with Crippen molar-refractivity contribution >= 4 is 55.3 Å². The number of halogens is 5. The average Bonchev–Trinajstić information content (AvgIpc) is 3.44. The molecule has 0 aliphatic heterocycles. The Labute approximate surface area is 309 Å². The second-order valence-corrected chi connectivity index (χ2v) is 14.4. The van der Waals surface area contributed by atoms with E-state index in [1.165, 1.54) is 31.0 Å². The molecule has 282 valence electrons. The minimum Gasteiger partial charge on any atom is -0.497 e. The van der Waals surface area contributed by atoms with Gasteiger partial charge in [-0.05, 0) is 53.6 Å². The SMILES string of the molecule is COc1ccc(CN(c2nn(C)c3c(-n4c(C(Cc5cc(F)cc(F)c5)NC(=O)O)nc5c(F)c(OC)c(F)cc5c4=O)ccc(Cl)c23)S(C)(=O)=O)cc1. The first-order valence-electron chi connectivity index (χ1n) is 15.7. The highest BCUT2D eigenvalue weighted by Gasteiger charge is 2.31. The van der Waals surface area contributed by atoms with E-state index >= 15 is 8.78 Å². The summed E-state index contributed by atoms with van der Waals surface area (Å²) in [5, 5.41) is 15.9. The van der Waals surface area contributed by atoms with Crippen LogP contribution in [0.15, 0.2) is 65.5 Å². The summed E-state index contributed by atoms with van der Waals surface area (Å²) in [7, 11) is -0.193. The topological polar surface area (TPSA) is 158 Å². The van der Waals surface area contributed by atoms with Gasteiger partial charge in [0.05, 0.1) is 60.1 Å². The molecular weight excluding hydrogens is 760 g/mol. The summed E-state index contributed by atoms with van der Waals surface area (Å²) in [6.07, 6.45) is -1.21. The van der Waals surface area contributed by atoms with Crippen LogP contribution in [0, 0.1) is 23.3 Å². The largest absolute Gasteiger partial charge is 0.497 e. The van der Waals surface area contributed by atoms with Gasteiger partial charge in [0.15, 0.2) is 23.2 Å². The summed E-state index contributed by atoms with van der Waals surface area (Å²) >= 11 is 6.72. The summed E-state index contributed by atoms with van der Waals surface area (Å²) in [5.41, 5.74) is -1.45. The van der Waals surface area contributed by atoms with Gasteiger partial charge in [-0.3, -0.25) is 14.0 Å². The van der Waals surface area contributed by atoms with Crippen molar-refractivity contribution in [2.75, 3.05) is 24.8 Å². The van der Waals surface area contributed by atoms with Crippen molar-refractivity contribution in [2.24, 2.45) is 7.05 Å². The molecule has 6 aromatic rings. The first kappa shape index (κ1) is 37.9. The first-order chi connectivity index (χ1) is 25.5. The number of methoxy groups -OCH3 is 2. The number of sulfonamides is 1. The number of ether oxygens (including phenoxy) is 2. The number of fused-ring (bicyclic) bond motifs is 2. The molecule has 6 rings (SSSR count). The quantitative estimate of drug-likeness (QED) is 0.150. The third-order valence-electron chi connectivity index (χ3n) is 8.48. The molecule has 2 N–H and O–H groups in total. The molecule has 1 amide bonds. The fourth-order valence-electron chi connectivity index (χ4n) is 6.17. The Morgan fingerprint density at radius 2 is 1.67 bits per heavy atom. The van der Waals surface area contributed by atoms with Crippen molar-refractivity contribution < 1.29 is 45.4 Å². The van der Waals surface area contributed by atoms with Gasteiger partial charge in [-0.2, -0.15) is 5.10 Å². The Morgan fingerprint density at radius 3 is 2.26 bits per heavy atom. The van der Waals surface area contributed by atoms with E-state index in [9.17, 15) is 31.9 Å². The van der Waals surface area contributed by atoms with Crippen molar-refractivity contribution in [2.45, 2.75) is 19.0 Å². The van der Waals surface area contributed by atoms with Crippen LogP contribution in [0.2, 0.25) is 5.02 Å². The molecule has 0 aliphatic rings. The molecule has 0 aliphatic carbocycles. The summed E-state index contributed by atoms with van der Waals surface area (Å²) < 4.78 is 99.1. The van der Waals surface area contributed by atoms with E-state index < -0.39 is 79.9 Å². The Morgan fingerprint density at radius 1 is 1.00 bits per heavy atom. The monoisotopic (exact) mass is 788 g/mol. The van der Waals surface area contributed by atoms with E-state index in [0.29, 0.717) is 23.4 Å². The van der Waals surface area contributed by atoms with Crippen LogP contribution in [0.1, 0.15) is 23.0 Å². The van der Waals surface area contributed by atoms with Crippen LogP contribution in [0.5, 0.6) is 11.5 Å². The van der Waals surface area contributed by atoms with Crippen LogP contribution in [0.4, 0.5) is 28.2 Å². The summed E-state index contributed by atoms with van der Waals surface area (Å²) in [5.74, 6) is -5.60. The molecule has 2 heterocycles. The lowest BCUT2D eigenvalue weighted by Gasteiger charge is -2.23. The average molecular weight is 789 g/mol. The number of nitrogens with zero attached hydrogens (tertiary/aromatic N) is 5. The fourth-order valence-corrected chi connectivity index (χ4v) is 7.23. The van der Waals surface area contributed by atoms with Crippen molar-refractivity contribution in [3.63, 3.8) is 0 Å². The molecule has 1 unspecified atom stereocenters. The predicted molar refractivity (Wildman–Crippen MR) is 191 cm³/mol. The first-order valence-corrected chi connectivity index (χ1v) is 17.9. The van der Waals surface area contributed by atoms with Crippen LogP contribution < -0.4 is 24.7 Å². The van der Waals surface area contributed by atoms with E-state index in [-0.39, 0.29) is 39.5 Å². The Balaban J connectivity index is 1.67. The maximum Gasteiger partial charge on any atom is 0.405 e. The maximum absolute atomic E-state index is 15.8. The second kappa shape index (κ2) is 14.5. The van der Waals surface area contributed by atoms with Crippen molar-refractivity contribution in [3.8, 4) is 17.2 Å². The highest BCUT2D eigenvalue weighted by atomic mass is 35.5. The second-order valence-electron chi connectivity index (χ2n) is 12.1. The minimum atomic E-state index is -4.08. The van der Waals surface area contributed by atoms with E-state index in [2.05, 4.69) is 15.4 Å². The van der Waals surface area contributed by atoms with E-state index in [0.717, 1.165) is 34.4 Å². The maximum atomic E-state index is 15.8. The summed E-state index contributed by atoms with van der Waals surface area (Å²) in [6.45, 7) is -0.215. The molecule has 19 heteroatoms. The Kier molecular flexibility index (Phi) is 10.2. The highest BCUT2D eigenvalue weighted by Crippen LogP contribution is 2.38. The summed E-state index contributed by atoms with van der Waals surface area (Å²) in [4.78, 5) is 31.0. The Bertz CT molecular complexity index is 2620. The van der Waals surface area contributed by atoms with Gasteiger partial charge in [0.1, 0.15) is 28.7 Å². The normalized spacial score (nSPS) is 12.2. The highest BCUT2D eigenvalue weighted by molar-refractivity contribution is 7.92. The van der Waals surface area contributed by atoms with Crippen molar-refractivity contribution in [1.29, 1.82) is 0 Å². The number of amides is 1. The van der Waals surface area contributed by atoms with Gasteiger partial charge in [0.2, 0.25) is 10.0 Å². The molecule has 54 heavy (non-hydrogen) atoms. The third kappa shape index (κ3) is 7.08. The number of carbonyl (C=O) groups is 1. The standard InChI is InChI=1S/C35H29ClF4N6O7S/c1-44-30-26(10-9-23(36)27(30)33(43-44)45(54(4,50)51)16-17-5-7-21(52-2)8-6-17)46-32(25(41-35(48)49)13-18-11-19(37)14-20(38)12-18)42-29-22(34(46)47)15-24(39)31(53-3)28(29)40/h5-12,14-15,25,41H,13,16H2,1-4H3,(H,48,49). The van der Waals surface area contributed by atoms with E-state index in [1.807, 2.05) is 0 Å². The lowest BCUT2D eigenvalue weighted by Crippen LogP contribution is -2.35. The molecule has 1 atom stereocenters. The molecule has 0 spiro atoms. The van der Waals surface area contributed by atoms with E-state index in [4.69, 9.17) is 21.1 Å². The number of aromatic nitrogens is 4. The van der Waals surface area contributed by atoms with E-state index in [1.54, 1.807) is 24.3 Å². The number of benzene rings is 4. The van der Waals surface area contributed by atoms with Gasteiger partial charge in [-0.25, -0.2) is 40.1 Å². The number of carboxylic acid groups (broad SMARTS) is 1. The van der Waals surface area contributed by atoms with Crippen LogP contribution >= 0.6 is 11.6 Å². The molecule has 13 nitrogen and oxygen atoms in total. The number of nitrogens with one attached hydrogen (secondary N) is 1. The van der Waals surface area contributed by atoms with Gasteiger partial charge >= 0.3 is 6.09 Å². The van der Waals surface area contributed by atoms with Gasteiger partial charge in [0, 0.05) is 19.5 Å². The minimum absolute atomic E-state index is 0.0131.